The lowest BCUT2D eigenvalue weighted by molar-refractivity contribution is 1.05. The number of hydrogen-bond donors (Lipinski definition) is 1. The molecule has 2 nitrogen and oxygen atoms in total. The van der Waals surface area contributed by atoms with Crippen molar-refractivity contribution in [2.75, 3.05) is 0 Å². The van der Waals surface area contributed by atoms with Crippen molar-refractivity contribution in [1.82, 2.24) is 10.2 Å². The zero-order valence-electron chi connectivity index (χ0n) is 7.83. The molecule has 1 aromatic carbocycles. The van der Waals surface area contributed by atoms with Gasteiger partial charge in [0.2, 0.25) is 0 Å². The normalized spacial score (nSPS) is 10.3. The van der Waals surface area contributed by atoms with Crippen LogP contribution in [-0.2, 0) is 0 Å². The number of aryl methyl sites for hydroxylation is 2. The van der Waals surface area contributed by atoms with E-state index in [-0.39, 0.29) is 0 Å². The molecule has 0 radical (unpaired) electrons. The van der Waals surface area contributed by atoms with Gasteiger partial charge in [-0.1, -0.05) is 29.8 Å². The molecule has 13 heavy (non-hydrogen) atoms. The molecule has 2 aromatic rings. The standard InChI is InChI=1S/C11H12N2/c1-8-3-5-10(6-4-8)11-7-12-13-9(11)2/h3-7H,1-2H3,(H,12,13). The summed E-state index contributed by atoms with van der Waals surface area (Å²) in [5.41, 5.74) is 4.80. The van der Waals surface area contributed by atoms with Gasteiger partial charge in [-0.15, -0.1) is 0 Å². The van der Waals surface area contributed by atoms with Crippen molar-refractivity contribution in [1.29, 1.82) is 0 Å². The number of nitrogens with zero attached hydrogens (tertiary/aromatic N) is 1. The second kappa shape index (κ2) is 3.05. The number of rotatable bonds is 1. The van der Waals surface area contributed by atoms with E-state index in [2.05, 4.69) is 41.4 Å². The Labute approximate surface area is 77.6 Å². The van der Waals surface area contributed by atoms with Crippen LogP contribution in [0.25, 0.3) is 11.1 Å². The van der Waals surface area contributed by atoms with Crippen LogP contribution in [0.5, 0.6) is 0 Å². The van der Waals surface area contributed by atoms with Crippen LogP contribution in [0.4, 0.5) is 0 Å². The van der Waals surface area contributed by atoms with Gasteiger partial charge in [0.05, 0.1) is 6.20 Å². The lowest BCUT2D eigenvalue weighted by Gasteiger charge is -1.99. The molecule has 2 rings (SSSR count). The third-order valence-corrected chi connectivity index (χ3v) is 2.19. The van der Waals surface area contributed by atoms with E-state index in [1.54, 1.807) is 0 Å². The highest BCUT2D eigenvalue weighted by atomic mass is 15.1. The number of benzene rings is 1. The Balaban J connectivity index is 2.47. The van der Waals surface area contributed by atoms with E-state index in [9.17, 15) is 0 Å². The van der Waals surface area contributed by atoms with Crippen molar-refractivity contribution in [3.63, 3.8) is 0 Å². The molecule has 0 spiro atoms. The van der Waals surface area contributed by atoms with Crippen LogP contribution in [0.2, 0.25) is 0 Å². The van der Waals surface area contributed by atoms with Gasteiger partial charge in [-0.05, 0) is 19.4 Å². The summed E-state index contributed by atoms with van der Waals surface area (Å²) in [6.45, 7) is 4.12. The molecule has 0 aliphatic heterocycles. The lowest BCUT2D eigenvalue weighted by atomic mass is 10.1. The molecular weight excluding hydrogens is 160 g/mol. The minimum Gasteiger partial charge on any atom is -0.282 e. The molecule has 0 amide bonds. The third kappa shape index (κ3) is 1.47. The van der Waals surface area contributed by atoms with E-state index >= 15 is 0 Å². The Bertz CT molecular complexity index is 398. The van der Waals surface area contributed by atoms with Gasteiger partial charge in [0.1, 0.15) is 0 Å². The third-order valence-electron chi connectivity index (χ3n) is 2.19. The van der Waals surface area contributed by atoms with Crippen molar-refractivity contribution in [3.8, 4) is 11.1 Å². The molecule has 0 saturated heterocycles. The SMILES string of the molecule is Cc1ccc(-c2cn[nH]c2C)cc1. The number of H-pyrrole nitrogens is 1. The van der Waals surface area contributed by atoms with E-state index in [4.69, 9.17) is 0 Å². The van der Waals surface area contributed by atoms with Crippen LogP contribution in [0.15, 0.2) is 30.5 Å². The topological polar surface area (TPSA) is 28.7 Å². The molecule has 1 aromatic heterocycles. The predicted octanol–water partition coefficient (Wildman–Crippen LogP) is 2.69. The lowest BCUT2D eigenvalue weighted by Crippen LogP contribution is -1.79. The largest absolute Gasteiger partial charge is 0.282 e. The average molecular weight is 172 g/mol. The molecular formula is C11H12N2. The smallest absolute Gasteiger partial charge is 0.0568 e. The molecule has 0 aliphatic rings. The molecule has 0 unspecified atom stereocenters. The summed E-state index contributed by atoms with van der Waals surface area (Å²) in [5.74, 6) is 0. The Kier molecular flexibility index (Phi) is 1.89. The fraction of sp³-hybridized carbons (Fsp3) is 0.182. The first kappa shape index (κ1) is 8.05. The summed E-state index contributed by atoms with van der Waals surface area (Å²) in [5, 5.41) is 6.93. The van der Waals surface area contributed by atoms with Crippen molar-refractivity contribution in [2.24, 2.45) is 0 Å². The minimum atomic E-state index is 1.11. The zero-order chi connectivity index (χ0) is 9.26. The minimum absolute atomic E-state index is 1.11. The van der Waals surface area contributed by atoms with Crippen LogP contribution in [0.3, 0.4) is 0 Å². The van der Waals surface area contributed by atoms with Gasteiger partial charge in [0, 0.05) is 11.3 Å². The van der Waals surface area contributed by atoms with Crippen LogP contribution in [0.1, 0.15) is 11.3 Å². The van der Waals surface area contributed by atoms with Crippen molar-refractivity contribution >= 4 is 0 Å². The monoisotopic (exact) mass is 172 g/mol. The summed E-state index contributed by atoms with van der Waals surface area (Å²) in [7, 11) is 0. The first-order chi connectivity index (χ1) is 6.27. The number of hydrogen-bond acceptors (Lipinski definition) is 1. The van der Waals surface area contributed by atoms with E-state index in [0.29, 0.717) is 0 Å². The summed E-state index contributed by atoms with van der Waals surface area (Å²) < 4.78 is 0. The van der Waals surface area contributed by atoms with Gasteiger partial charge in [-0.25, -0.2) is 0 Å². The van der Waals surface area contributed by atoms with Crippen LogP contribution in [-0.4, -0.2) is 10.2 Å². The van der Waals surface area contributed by atoms with Crippen molar-refractivity contribution < 1.29 is 0 Å². The van der Waals surface area contributed by atoms with Gasteiger partial charge in [0.25, 0.3) is 0 Å². The van der Waals surface area contributed by atoms with E-state index in [1.165, 1.54) is 16.7 Å². The number of nitrogens with one attached hydrogen (secondary N) is 1. The molecule has 1 N–H and O–H groups in total. The number of aromatic nitrogens is 2. The Hall–Kier alpha value is -1.57. The van der Waals surface area contributed by atoms with Gasteiger partial charge >= 0.3 is 0 Å². The molecule has 0 fully saturated rings. The van der Waals surface area contributed by atoms with E-state index in [0.717, 1.165) is 5.69 Å². The fourth-order valence-corrected chi connectivity index (χ4v) is 1.37. The Morgan fingerprint density at radius 3 is 2.31 bits per heavy atom. The second-order valence-corrected chi connectivity index (χ2v) is 3.27. The van der Waals surface area contributed by atoms with Crippen molar-refractivity contribution in [2.45, 2.75) is 13.8 Å². The Morgan fingerprint density at radius 1 is 1.08 bits per heavy atom. The quantitative estimate of drug-likeness (QED) is 0.704. The molecule has 66 valence electrons. The average Bonchev–Trinajstić information content (AvgIpc) is 2.53. The molecule has 0 bridgehead atoms. The molecule has 0 saturated carbocycles. The highest BCUT2D eigenvalue weighted by Crippen LogP contribution is 2.21. The predicted molar refractivity (Wildman–Crippen MR) is 53.5 cm³/mol. The maximum Gasteiger partial charge on any atom is 0.0568 e. The summed E-state index contributed by atoms with van der Waals surface area (Å²) in [6, 6.07) is 8.46. The summed E-state index contributed by atoms with van der Waals surface area (Å²) in [4.78, 5) is 0. The van der Waals surface area contributed by atoms with Gasteiger partial charge in [-0.3, -0.25) is 5.10 Å². The maximum absolute atomic E-state index is 4.00. The van der Waals surface area contributed by atoms with Gasteiger partial charge < -0.3 is 0 Å². The first-order valence-electron chi connectivity index (χ1n) is 4.34. The highest BCUT2D eigenvalue weighted by Gasteiger charge is 2.01. The summed E-state index contributed by atoms with van der Waals surface area (Å²) >= 11 is 0. The number of aromatic amines is 1. The first-order valence-corrected chi connectivity index (χ1v) is 4.34. The van der Waals surface area contributed by atoms with Crippen LogP contribution in [0, 0.1) is 13.8 Å². The van der Waals surface area contributed by atoms with Gasteiger partial charge in [0.15, 0.2) is 0 Å². The van der Waals surface area contributed by atoms with E-state index < -0.39 is 0 Å². The van der Waals surface area contributed by atoms with Crippen LogP contribution >= 0.6 is 0 Å². The molecule has 0 aliphatic carbocycles. The van der Waals surface area contributed by atoms with E-state index in [1.807, 2.05) is 13.1 Å². The zero-order valence-corrected chi connectivity index (χ0v) is 7.83. The molecule has 1 heterocycles. The second-order valence-electron chi connectivity index (χ2n) is 3.27. The fourth-order valence-electron chi connectivity index (χ4n) is 1.37. The van der Waals surface area contributed by atoms with Crippen LogP contribution < -0.4 is 0 Å². The molecule has 0 atom stereocenters. The highest BCUT2D eigenvalue weighted by molar-refractivity contribution is 5.64. The van der Waals surface area contributed by atoms with Crippen molar-refractivity contribution in [3.05, 3.63) is 41.7 Å². The van der Waals surface area contributed by atoms with Gasteiger partial charge in [-0.2, -0.15) is 5.10 Å². The Morgan fingerprint density at radius 2 is 1.77 bits per heavy atom. The summed E-state index contributed by atoms with van der Waals surface area (Å²) in [6.07, 6.45) is 1.86. The molecule has 2 heteroatoms. The maximum atomic E-state index is 4.00.